The van der Waals surface area contributed by atoms with Gasteiger partial charge in [0.15, 0.2) is 0 Å². The van der Waals surface area contributed by atoms with E-state index < -0.39 is 0 Å². The number of rotatable bonds is 2. The zero-order valence-electron chi connectivity index (χ0n) is 25.1. The number of hydrogen-bond acceptors (Lipinski definition) is 4. The number of benzene rings is 3. The van der Waals surface area contributed by atoms with Gasteiger partial charge in [-0.2, -0.15) is 0 Å². The molecular weight excluding hydrogens is 544 g/mol. The average Bonchev–Trinajstić information content (AvgIpc) is 3.43. The number of para-hydroxylation sites is 2. The van der Waals surface area contributed by atoms with E-state index in [9.17, 15) is 9.59 Å². The molecule has 5 aromatic rings. The van der Waals surface area contributed by atoms with Gasteiger partial charge in [0.25, 0.3) is 11.8 Å². The number of hydrogen-bond donors (Lipinski definition) is 0. The predicted octanol–water partition coefficient (Wildman–Crippen LogP) is 7.95. The minimum Gasteiger partial charge on any atom is -0.277 e. The highest BCUT2D eigenvalue weighted by atomic mass is 16.2. The molecule has 0 saturated carbocycles. The number of aromatic nitrogens is 2. The van der Waals surface area contributed by atoms with E-state index >= 15 is 0 Å². The Bertz CT molecular complexity index is 2060. The third kappa shape index (κ3) is 3.36. The molecule has 2 aliphatic carbocycles. The summed E-state index contributed by atoms with van der Waals surface area (Å²) < 4.78 is 0. The standard InChI is InChI=1S/C38H30N4O2/c1-37(2)17-27-33-29(19-37)41(35(43)31(33)23-9-5-7-11-25(23)39-27)21-13-15-22(16-14-21)42-30-20-38(3,4)18-28-34(30)32(36(42)44)24-10-6-8-12-26(24)40-28/h5-16,19-20H,17-18H2,1-4H3. The first-order valence-electron chi connectivity index (χ1n) is 15.2. The lowest BCUT2D eigenvalue weighted by molar-refractivity contribution is 0.0998. The van der Waals surface area contributed by atoms with Crippen molar-refractivity contribution in [2.45, 2.75) is 40.5 Å². The summed E-state index contributed by atoms with van der Waals surface area (Å²) in [6, 6.07) is 23.6. The van der Waals surface area contributed by atoms with Gasteiger partial charge in [-0.25, -0.2) is 0 Å². The maximum absolute atomic E-state index is 14.2. The number of amides is 2. The third-order valence-corrected chi connectivity index (χ3v) is 9.43. The maximum atomic E-state index is 14.2. The van der Waals surface area contributed by atoms with E-state index in [0.29, 0.717) is 0 Å². The lowest BCUT2D eigenvalue weighted by Gasteiger charge is -2.31. The van der Waals surface area contributed by atoms with Crippen LogP contribution in [-0.2, 0) is 12.8 Å². The van der Waals surface area contributed by atoms with Crippen molar-refractivity contribution < 1.29 is 9.59 Å². The van der Waals surface area contributed by atoms with E-state index in [2.05, 4.69) is 39.8 Å². The summed E-state index contributed by atoms with van der Waals surface area (Å²) >= 11 is 0. The van der Waals surface area contributed by atoms with Crippen LogP contribution in [0.1, 0.15) is 70.9 Å². The number of anilines is 2. The van der Waals surface area contributed by atoms with Crippen molar-refractivity contribution in [3.8, 4) is 0 Å². The van der Waals surface area contributed by atoms with Gasteiger partial charge in [-0.1, -0.05) is 76.2 Å². The SMILES string of the molecule is CC1(C)C=C2c3c(nc4ccccc4c3C(=O)N2c2ccc(N3C(=O)c4c5c(nc6ccccc46)CC(C)(C)C=C53)cc2)C1. The molecule has 0 atom stereocenters. The van der Waals surface area contributed by atoms with Crippen molar-refractivity contribution in [1.29, 1.82) is 0 Å². The Morgan fingerprint density at radius 2 is 0.932 bits per heavy atom. The molecule has 0 fully saturated rings. The number of nitrogens with zero attached hydrogens (tertiary/aromatic N) is 4. The van der Waals surface area contributed by atoms with Crippen molar-refractivity contribution >= 4 is 56.4 Å². The van der Waals surface area contributed by atoms with E-state index in [1.165, 1.54) is 0 Å². The fraction of sp³-hybridized carbons (Fsp3) is 0.211. The number of carbonyl (C=O) groups excluding carboxylic acids is 2. The molecule has 4 aliphatic rings. The molecule has 3 aromatic carbocycles. The van der Waals surface area contributed by atoms with Gasteiger partial charge in [-0.15, -0.1) is 0 Å². The number of carbonyl (C=O) groups is 2. The van der Waals surface area contributed by atoms with Crippen molar-refractivity contribution in [2.75, 3.05) is 9.80 Å². The average molecular weight is 575 g/mol. The maximum Gasteiger partial charge on any atom is 0.264 e. The molecule has 2 amide bonds. The zero-order chi connectivity index (χ0) is 30.1. The summed E-state index contributed by atoms with van der Waals surface area (Å²) in [5, 5.41) is 1.76. The van der Waals surface area contributed by atoms with Crippen LogP contribution in [-0.4, -0.2) is 21.8 Å². The fourth-order valence-electron chi connectivity index (χ4n) is 7.69. The monoisotopic (exact) mass is 574 g/mol. The molecule has 0 radical (unpaired) electrons. The first-order chi connectivity index (χ1) is 21.1. The normalized spacial score (nSPS) is 18.9. The Morgan fingerprint density at radius 3 is 1.34 bits per heavy atom. The van der Waals surface area contributed by atoms with Gasteiger partial charge >= 0.3 is 0 Å². The lowest BCUT2D eigenvalue weighted by Crippen LogP contribution is -2.27. The molecule has 0 N–H and O–H groups in total. The smallest absolute Gasteiger partial charge is 0.264 e. The van der Waals surface area contributed by atoms with Crippen LogP contribution in [0, 0.1) is 10.8 Å². The largest absolute Gasteiger partial charge is 0.277 e. The van der Waals surface area contributed by atoms with Crippen LogP contribution < -0.4 is 9.80 Å². The molecule has 0 unspecified atom stereocenters. The Balaban J connectivity index is 1.17. The minimum absolute atomic E-state index is 0.0415. The first kappa shape index (κ1) is 25.4. The highest BCUT2D eigenvalue weighted by Crippen LogP contribution is 2.50. The molecule has 4 heterocycles. The molecule has 6 heteroatoms. The summed E-state index contributed by atoms with van der Waals surface area (Å²) in [7, 11) is 0. The van der Waals surface area contributed by atoms with Crippen LogP contribution >= 0.6 is 0 Å². The van der Waals surface area contributed by atoms with Crippen LogP contribution in [0.25, 0.3) is 33.2 Å². The van der Waals surface area contributed by atoms with E-state index in [1.807, 2.05) is 82.6 Å². The molecule has 2 aromatic heterocycles. The quantitative estimate of drug-likeness (QED) is 0.215. The summed E-state index contributed by atoms with van der Waals surface area (Å²) in [4.78, 5) is 42.1. The molecule has 0 saturated heterocycles. The van der Waals surface area contributed by atoms with E-state index in [0.717, 1.165) is 91.1 Å². The second-order valence-corrected chi connectivity index (χ2v) is 13.8. The molecule has 2 aliphatic heterocycles. The van der Waals surface area contributed by atoms with E-state index in [4.69, 9.17) is 9.97 Å². The van der Waals surface area contributed by atoms with Crippen molar-refractivity contribution in [3.05, 3.63) is 119 Å². The van der Waals surface area contributed by atoms with Gasteiger partial charge < -0.3 is 0 Å². The Kier molecular flexibility index (Phi) is 4.79. The third-order valence-electron chi connectivity index (χ3n) is 9.43. The Labute approximate surface area is 255 Å². The van der Waals surface area contributed by atoms with Crippen LogP contribution in [0.2, 0.25) is 0 Å². The molecule has 44 heavy (non-hydrogen) atoms. The summed E-state index contributed by atoms with van der Waals surface area (Å²) in [5.41, 5.74) is 10.0. The molecule has 6 nitrogen and oxygen atoms in total. The van der Waals surface area contributed by atoms with E-state index in [1.54, 1.807) is 0 Å². The van der Waals surface area contributed by atoms with Crippen molar-refractivity contribution in [3.63, 3.8) is 0 Å². The van der Waals surface area contributed by atoms with Gasteiger partial charge in [0.05, 0.1) is 44.9 Å². The van der Waals surface area contributed by atoms with Crippen LogP contribution in [0.5, 0.6) is 0 Å². The lowest BCUT2D eigenvalue weighted by atomic mass is 9.79. The molecule has 0 spiro atoms. The fourth-order valence-corrected chi connectivity index (χ4v) is 7.69. The first-order valence-corrected chi connectivity index (χ1v) is 15.2. The Hall–Kier alpha value is -5.10. The van der Waals surface area contributed by atoms with Gasteiger partial charge in [-0.3, -0.25) is 29.4 Å². The van der Waals surface area contributed by atoms with Crippen LogP contribution in [0.4, 0.5) is 11.4 Å². The topological polar surface area (TPSA) is 66.4 Å². The molecule has 0 bridgehead atoms. The van der Waals surface area contributed by atoms with Crippen LogP contribution in [0.3, 0.4) is 0 Å². The molecule has 9 rings (SSSR count). The van der Waals surface area contributed by atoms with Gasteiger partial charge in [0.2, 0.25) is 0 Å². The number of fused-ring (bicyclic) bond motifs is 4. The Morgan fingerprint density at radius 1 is 0.545 bits per heavy atom. The summed E-state index contributed by atoms with van der Waals surface area (Å²) in [6.45, 7) is 8.75. The van der Waals surface area contributed by atoms with Gasteiger partial charge in [0, 0.05) is 33.3 Å². The van der Waals surface area contributed by atoms with E-state index in [-0.39, 0.29) is 22.6 Å². The van der Waals surface area contributed by atoms with Crippen LogP contribution in [0.15, 0.2) is 84.9 Å². The number of pyridine rings is 2. The highest BCUT2D eigenvalue weighted by Gasteiger charge is 2.44. The number of allylic oxidation sites excluding steroid dienone is 2. The van der Waals surface area contributed by atoms with Crippen molar-refractivity contribution in [1.82, 2.24) is 9.97 Å². The van der Waals surface area contributed by atoms with Gasteiger partial charge in [0.1, 0.15) is 0 Å². The predicted molar refractivity (Wildman–Crippen MR) is 174 cm³/mol. The second-order valence-electron chi connectivity index (χ2n) is 13.8. The second kappa shape index (κ2) is 8.29. The van der Waals surface area contributed by atoms with Crippen molar-refractivity contribution in [2.24, 2.45) is 10.8 Å². The zero-order valence-corrected chi connectivity index (χ0v) is 25.1. The summed E-state index contributed by atoms with van der Waals surface area (Å²) in [5.74, 6) is -0.0831. The summed E-state index contributed by atoms with van der Waals surface area (Å²) in [6.07, 6.45) is 5.98. The molecular formula is C38H30N4O2. The highest BCUT2D eigenvalue weighted by molar-refractivity contribution is 6.29. The minimum atomic E-state index is -0.152. The van der Waals surface area contributed by atoms with Gasteiger partial charge in [-0.05, 0) is 60.1 Å². The molecule has 214 valence electrons.